The molecule has 2 heterocycles. The second kappa shape index (κ2) is 5.90. The van der Waals surface area contributed by atoms with E-state index < -0.39 is 0 Å². The van der Waals surface area contributed by atoms with Gasteiger partial charge in [0.2, 0.25) is 0 Å². The Kier molecular flexibility index (Phi) is 3.80. The second-order valence-electron chi connectivity index (χ2n) is 4.29. The van der Waals surface area contributed by atoms with Crippen LogP contribution >= 0.6 is 11.3 Å². The molecule has 3 rings (SSSR count). The molecule has 2 N–H and O–H groups in total. The van der Waals surface area contributed by atoms with Crippen LogP contribution in [0.4, 0.5) is 5.82 Å². The molecule has 2 aromatic heterocycles. The zero-order chi connectivity index (χ0) is 13.8. The molecule has 4 nitrogen and oxygen atoms in total. The Bertz CT molecular complexity index is 662. The normalized spacial score (nSPS) is 10.7. The molecule has 0 spiro atoms. The topological polar surface area (TPSA) is 50.1 Å². The molecule has 0 atom stereocenters. The van der Waals surface area contributed by atoms with Gasteiger partial charge in [-0.05, 0) is 23.6 Å². The Morgan fingerprint density at radius 3 is 2.70 bits per heavy atom. The lowest BCUT2D eigenvalue weighted by molar-refractivity contribution is 0.311. The average molecular weight is 285 g/mol. The molecule has 0 saturated carbocycles. The third-order valence-electron chi connectivity index (χ3n) is 2.90. The summed E-state index contributed by atoms with van der Waals surface area (Å²) in [7, 11) is 0. The summed E-state index contributed by atoms with van der Waals surface area (Å²) in [6.07, 6.45) is 0. The van der Waals surface area contributed by atoms with Crippen LogP contribution < -0.4 is 5.32 Å². The number of aliphatic hydroxyl groups is 1. The summed E-state index contributed by atoms with van der Waals surface area (Å²) < 4.78 is 1.87. The van der Waals surface area contributed by atoms with Gasteiger partial charge in [-0.3, -0.25) is 0 Å². The van der Waals surface area contributed by atoms with Crippen LogP contribution in [0.3, 0.4) is 0 Å². The molecule has 0 aliphatic carbocycles. The van der Waals surface area contributed by atoms with E-state index in [2.05, 4.69) is 16.5 Å². The summed E-state index contributed by atoms with van der Waals surface area (Å²) in [6.45, 7) is 0.594. The van der Waals surface area contributed by atoms with Gasteiger partial charge in [-0.15, -0.1) is 11.3 Å². The lowest BCUT2D eigenvalue weighted by atomic mass is 10.3. The van der Waals surface area contributed by atoms with Crippen LogP contribution in [-0.2, 0) is 0 Å². The number of aliphatic hydroxyl groups excluding tert-OH is 1. The third-order valence-corrected chi connectivity index (χ3v) is 3.79. The molecule has 0 aliphatic rings. The van der Waals surface area contributed by atoms with Crippen molar-refractivity contribution in [2.24, 2.45) is 0 Å². The molecule has 5 heteroatoms. The van der Waals surface area contributed by atoms with Crippen molar-refractivity contribution in [2.45, 2.75) is 0 Å². The maximum absolute atomic E-state index is 8.99. The fourth-order valence-electron chi connectivity index (χ4n) is 2.00. The number of hydrogen-bond acceptors (Lipinski definition) is 4. The highest BCUT2D eigenvalue weighted by Crippen LogP contribution is 2.27. The minimum atomic E-state index is 0.0916. The molecule has 0 radical (unpaired) electrons. The van der Waals surface area contributed by atoms with Crippen molar-refractivity contribution >= 4 is 17.2 Å². The third kappa shape index (κ3) is 2.59. The lowest BCUT2D eigenvalue weighted by Gasteiger charge is -2.08. The highest BCUT2D eigenvalue weighted by Gasteiger charge is 2.11. The van der Waals surface area contributed by atoms with Crippen LogP contribution in [0.5, 0.6) is 0 Å². The maximum atomic E-state index is 8.99. The Balaban J connectivity index is 2.02. The van der Waals surface area contributed by atoms with Gasteiger partial charge in [-0.25, -0.2) is 4.68 Å². The number of thiophene rings is 1. The number of rotatable bonds is 5. The van der Waals surface area contributed by atoms with Crippen LogP contribution in [0.25, 0.3) is 16.3 Å². The molecule has 3 aromatic rings. The molecule has 0 amide bonds. The van der Waals surface area contributed by atoms with Crippen LogP contribution in [-0.4, -0.2) is 28.0 Å². The molecule has 0 bridgehead atoms. The standard InChI is InChI=1S/C15H15N3OS/c19-9-8-16-15-11-13(14-7-4-10-20-14)17-18(15)12-5-2-1-3-6-12/h1-7,10-11,16,19H,8-9H2. The summed E-state index contributed by atoms with van der Waals surface area (Å²) in [5.74, 6) is 0.883. The van der Waals surface area contributed by atoms with E-state index in [-0.39, 0.29) is 6.61 Å². The molecular formula is C15H15N3OS. The zero-order valence-electron chi connectivity index (χ0n) is 10.9. The Morgan fingerprint density at radius 1 is 1.15 bits per heavy atom. The van der Waals surface area contributed by atoms with E-state index in [0.717, 1.165) is 22.1 Å². The van der Waals surface area contributed by atoms with Crippen molar-refractivity contribution in [1.29, 1.82) is 0 Å². The van der Waals surface area contributed by atoms with Crippen molar-refractivity contribution in [3.8, 4) is 16.3 Å². The number of para-hydroxylation sites is 1. The Labute approximate surface area is 121 Å². The SMILES string of the molecule is OCCNc1cc(-c2cccs2)nn1-c1ccccc1. The van der Waals surface area contributed by atoms with Gasteiger partial charge in [0, 0.05) is 12.6 Å². The summed E-state index contributed by atoms with van der Waals surface area (Å²) in [6, 6.07) is 16.0. The van der Waals surface area contributed by atoms with Crippen molar-refractivity contribution in [2.75, 3.05) is 18.5 Å². The minimum absolute atomic E-state index is 0.0916. The van der Waals surface area contributed by atoms with Crippen molar-refractivity contribution < 1.29 is 5.11 Å². The molecular weight excluding hydrogens is 270 g/mol. The quantitative estimate of drug-likeness (QED) is 0.757. The van der Waals surface area contributed by atoms with E-state index >= 15 is 0 Å². The molecule has 0 fully saturated rings. The predicted octanol–water partition coefficient (Wildman–Crippen LogP) is 3.01. The molecule has 20 heavy (non-hydrogen) atoms. The fraction of sp³-hybridized carbons (Fsp3) is 0.133. The van der Waals surface area contributed by atoms with Gasteiger partial charge in [-0.2, -0.15) is 5.10 Å². The minimum Gasteiger partial charge on any atom is -0.395 e. The van der Waals surface area contributed by atoms with Crippen molar-refractivity contribution in [3.05, 3.63) is 53.9 Å². The van der Waals surface area contributed by atoms with Gasteiger partial charge in [0.1, 0.15) is 11.5 Å². The highest BCUT2D eigenvalue weighted by molar-refractivity contribution is 7.13. The maximum Gasteiger partial charge on any atom is 0.130 e. The fourth-order valence-corrected chi connectivity index (χ4v) is 2.68. The first-order valence-electron chi connectivity index (χ1n) is 6.42. The summed E-state index contributed by atoms with van der Waals surface area (Å²) in [5.41, 5.74) is 1.93. The van der Waals surface area contributed by atoms with Crippen LogP contribution in [0, 0.1) is 0 Å². The number of aromatic nitrogens is 2. The first-order chi connectivity index (χ1) is 9.88. The van der Waals surface area contributed by atoms with Gasteiger partial charge in [-0.1, -0.05) is 24.3 Å². The molecule has 102 valence electrons. The van der Waals surface area contributed by atoms with Crippen molar-refractivity contribution in [1.82, 2.24) is 9.78 Å². The number of benzene rings is 1. The van der Waals surface area contributed by atoms with Gasteiger partial charge >= 0.3 is 0 Å². The molecule has 0 saturated heterocycles. The van der Waals surface area contributed by atoms with Crippen molar-refractivity contribution in [3.63, 3.8) is 0 Å². The van der Waals surface area contributed by atoms with Crippen LogP contribution in [0.15, 0.2) is 53.9 Å². The number of nitrogens with zero attached hydrogens (tertiary/aromatic N) is 2. The van der Waals surface area contributed by atoms with E-state index in [1.165, 1.54) is 0 Å². The zero-order valence-corrected chi connectivity index (χ0v) is 11.7. The second-order valence-corrected chi connectivity index (χ2v) is 5.24. The van der Waals surface area contributed by atoms with E-state index in [1.807, 2.05) is 52.5 Å². The summed E-state index contributed by atoms with van der Waals surface area (Å²) in [4.78, 5) is 1.13. The van der Waals surface area contributed by atoms with E-state index in [0.29, 0.717) is 6.54 Å². The summed E-state index contributed by atoms with van der Waals surface area (Å²) >= 11 is 1.66. The number of anilines is 1. The lowest BCUT2D eigenvalue weighted by Crippen LogP contribution is -2.10. The molecule has 0 aliphatic heterocycles. The van der Waals surface area contributed by atoms with E-state index in [9.17, 15) is 0 Å². The number of nitrogens with one attached hydrogen (secondary N) is 1. The molecule has 1 aromatic carbocycles. The Morgan fingerprint density at radius 2 is 2.00 bits per heavy atom. The van der Waals surface area contributed by atoms with Gasteiger partial charge in [0.15, 0.2) is 0 Å². The first kappa shape index (κ1) is 12.9. The Hall–Kier alpha value is -2.11. The molecule has 0 unspecified atom stereocenters. The van der Waals surface area contributed by atoms with E-state index in [4.69, 9.17) is 5.11 Å². The van der Waals surface area contributed by atoms with Crippen LogP contribution in [0.2, 0.25) is 0 Å². The first-order valence-corrected chi connectivity index (χ1v) is 7.30. The smallest absolute Gasteiger partial charge is 0.130 e. The van der Waals surface area contributed by atoms with Gasteiger partial charge in [0.05, 0.1) is 17.2 Å². The largest absolute Gasteiger partial charge is 0.395 e. The van der Waals surface area contributed by atoms with Gasteiger partial charge < -0.3 is 10.4 Å². The number of hydrogen-bond donors (Lipinski definition) is 2. The average Bonchev–Trinajstić information content (AvgIpc) is 3.15. The monoisotopic (exact) mass is 285 g/mol. The van der Waals surface area contributed by atoms with Crippen LogP contribution in [0.1, 0.15) is 0 Å². The van der Waals surface area contributed by atoms with E-state index in [1.54, 1.807) is 11.3 Å². The predicted molar refractivity (Wildman–Crippen MR) is 82.5 cm³/mol. The highest BCUT2D eigenvalue weighted by atomic mass is 32.1. The summed E-state index contributed by atoms with van der Waals surface area (Å²) in [5, 5.41) is 18.9. The van der Waals surface area contributed by atoms with Gasteiger partial charge in [0.25, 0.3) is 0 Å².